The average Bonchev–Trinajstić information content (AvgIpc) is 2.66. The van der Waals surface area contributed by atoms with E-state index in [0.717, 1.165) is 44.7 Å². The lowest BCUT2D eigenvalue weighted by atomic mass is 9.82. The zero-order chi connectivity index (χ0) is 18.6. The van der Waals surface area contributed by atoms with Crippen molar-refractivity contribution in [3.8, 4) is 0 Å². The Morgan fingerprint density at radius 2 is 1.73 bits per heavy atom. The van der Waals surface area contributed by atoms with E-state index in [9.17, 15) is 8.42 Å². The Kier molecular flexibility index (Phi) is 7.36. The molecule has 1 aliphatic heterocycles. The molecule has 3 N–H and O–H groups in total. The molecule has 3 atom stereocenters. The molecule has 3 aliphatic rings. The summed E-state index contributed by atoms with van der Waals surface area (Å²) in [5.74, 6) is 1.28. The fraction of sp³-hybridized carbons (Fsp3) is 1.00. The van der Waals surface area contributed by atoms with Crippen molar-refractivity contribution < 1.29 is 13.2 Å². The zero-order valence-corrected chi connectivity index (χ0v) is 17.2. The van der Waals surface area contributed by atoms with Crippen molar-refractivity contribution in [1.29, 1.82) is 0 Å². The molecule has 0 spiro atoms. The predicted molar refractivity (Wildman–Crippen MR) is 105 cm³/mol. The van der Waals surface area contributed by atoms with Crippen LogP contribution in [-0.4, -0.2) is 58.6 Å². The first kappa shape index (κ1) is 20.5. The Labute approximate surface area is 159 Å². The molecule has 0 aromatic carbocycles. The van der Waals surface area contributed by atoms with E-state index in [4.69, 9.17) is 4.74 Å². The van der Waals surface area contributed by atoms with Gasteiger partial charge < -0.3 is 10.1 Å². The highest BCUT2D eigenvalue weighted by atomic mass is 32.2. The molecular formula is C19H37N3O3S. The monoisotopic (exact) mass is 387 g/mol. The van der Waals surface area contributed by atoms with Crippen molar-refractivity contribution in [3.05, 3.63) is 0 Å². The van der Waals surface area contributed by atoms with Gasteiger partial charge in [0.05, 0.1) is 17.5 Å². The van der Waals surface area contributed by atoms with E-state index < -0.39 is 9.84 Å². The summed E-state index contributed by atoms with van der Waals surface area (Å²) in [5.41, 5.74) is 0. The summed E-state index contributed by atoms with van der Waals surface area (Å²) >= 11 is 0. The second kappa shape index (κ2) is 9.32. The molecule has 6 nitrogen and oxygen atoms in total. The Morgan fingerprint density at radius 1 is 1.04 bits per heavy atom. The quantitative estimate of drug-likeness (QED) is 0.643. The van der Waals surface area contributed by atoms with Gasteiger partial charge in [0.2, 0.25) is 0 Å². The summed E-state index contributed by atoms with van der Waals surface area (Å²) in [6, 6.07) is 0.234. The van der Waals surface area contributed by atoms with Gasteiger partial charge >= 0.3 is 0 Å². The van der Waals surface area contributed by atoms with Crippen molar-refractivity contribution in [2.24, 2.45) is 11.8 Å². The van der Waals surface area contributed by atoms with Crippen molar-refractivity contribution >= 4 is 9.84 Å². The minimum absolute atomic E-state index is 0.00233. The van der Waals surface area contributed by atoms with E-state index in [0.29, 0.717) is 5.92 Å². The molecule has 0 aromatic heterocycles. The summed E-state index contributed by atoms with van der Waals surface area (Å²) in [4.78, 5) is 0. The number of ether oxygens (including phenoxy) is 1. The third kappa shape index (κ3) is 5.41. The average molecular weight is 388 g/mol. The van der Waals surface area contributed by atoms with Crippen LogP contribution in [0.2, 0.25) is 0 Å². The molecule has 1 saturated heterocycles. The maximum atomic E-state index is 11.8. The largest absolute Gasteiger partial charge is 0.365 e. The zero-order valence-electron chi connectivity index (χ0n) is 16.4. The van der Waals surface area contributed by atoms with Crippen LogP contribution < -0.4 is 16.0 Å². The van der Waals surface area contributed by atoms with Gasteiger partial charge in [-0.2, -0.15) is 0 Å². The molecule has 0 aromatic rings. The number of piperazine rings is 1. The van der Waals surface area contributed by atoms with Gasteiger partial charge in [-0.3, -0.25) is 10.6 Å². The molecule has 3 unspecified atom stereocenters. The van der Waals surface area contributed by atoms with Gasteiger partial charge in [0, 0.05) is 19.9 Å². The van der Waals surface area contributed by atoms with Crippen LogP contribution in [0.5, 0.6) is 0 Å². The normalized spacial score (nSPS) is 37.5. The third-order valence-electron chi connectivity index (χ3n) is 6.71. The number of rotatable bonds is 6. The first-order valence-corrected chi connectivity index (χ1v) is 12.4. The molecular weight excluding hydrogens is 350 g/mol. The van der Waals surface area contributed by atoms with Gasteiger partial charge in [-0.1, -0.05) is 19.3 Å². The van der Waals surface area contributed by atoms with E-state index in [1.807, 2.05) is 0 Å². The van der Waals surface area contributed by atoms with Gasteiger partial charge in [-0.15, -0.1) is 0 Å². The Bertz CT molecular complexity index is 528. The maximum Gasteiger partial charge on any atom is 0.150 e. The molecule has 152 valence electrons. The first-order valence-electron chi connectivity index (χ1n) is 10.4. The maximum absolute atomic E-state index is 11.8. The number of nitrogens with one attached hydrogen (secondary N) is 3. The highest BCUT2D eigenvalue weighted by Crippen LogP contribution is 2.32. The van der Waals surface area contributed by atoms with Crippen LogP contribution in [0.4, 0.5) is 0 Å². The van der Waals surface area contributed by atoms with Gasteiger partial charge in [0.25, 0.3) is 0 Å². The minimum atomic E-state index is -2.91. The second-order valence-corrected chi connectivity index (χ2v) is 10.9. The molecule has 26 heavy (non-hydrogen) atoms. The van der Waals surface area contributed by atoms with E-state index in [1.54, 1.807) is 7.11 Å². The Morgan fingerprint density at radius 3 is 2.35 bits per heavy atom. The highest BCUT2D eigenvalue weighted by Gasteiger charge is 2.38. The van der Waals surface area contributed by atoms with Gasteiger partial charge in [-0.25, -0.2) is 8.42 Å². The SMILES string of the molecule is COC1NCC(NCC2CCCCC2)NC1C1CCC(S(C)(=O)=O)CC1. The van der Waals surface area contributed by atoms with Crippen molar-refractivity contribution in [2.75, 3.05) is 26.5 Å². The minimum Gasteiger partial charge on any atom is -0.365 e. The summed E-state index contributed by atoms with van der Waals surface area (Å²) in [6.07, 6.45) is 12.0. The lowest BCUT2D eigenvalue weighted by Gasteiger charge is -2.44. The van der Waals surface area contributed by atoms with Crippen molar-refractivity contribution in [3.63, 3.8) is 0 Å². The van der Waals surface area contributed by atoms with Crippen molar-refractivity contribution in [2.45, 2.75) is 81.5 Å². The van der Waals surface area contributed by atoms with Crippen LogP contribution in [-0.2, 0) is 14.6 Å². The molecule has 3 rings (SSSR count). The van der Waals surface area contributed by atoms with Crippen LogP contribution in [0, 0.1) is 11.8 Å². The first-order chi connectivity index (χ1) is 12.5. The molecule has 0 radical (unpaired) electrons. The van der Waals surface area contributed by atoms with Gasteiger partial charge in [0.1, 0.15) is 16.1 Å². The van der Waals surface area contributed by atoms with Crippen LogP contribution in [0.3, 0.4) is 0 Å². The smallest absolute Gasteiger partial charge is 0.150 e. The van der Waals surface area contributed by atoms with Crippen molar-refractivity contribution in [1.82, 2.24) is 16.0 Å². The van der Waals surface area contributed by atoms with E-state index in [2.05, 4.69) is 16.0 Å². The topological polar surface area (TPSA) is 79.5 Å². The van der Waals surface area contributed by atoms with Gasteiger partial charge in [0.15, 0.2) is 0 Å². The molecule has 7 heteroatoms. The third-order valence-corrected chi connectivity index (χ3v) is 8.39. The summed E-state index contributed by atoms with van der Waals surface area (Å²) in [7, 11) is -1.16. The molecule has 2 saturated carbocycles. The van der Waals surface area contributed by atoms with E-state index >= 15 is 0 Å². The van der Waals surface area contributed by atoms with Crippen LogP contribution >= 0.6 is 0 Å². The molecule has 3 fully saturated rings. The van der Waals surface area contributed by atoms with Crippen LogP contribution in [0.25, 0.3) is 0 Å². The van der Waals surface area contributed by atoms with E-state index in [-0.39, 0.29) is 23.7 Å². The van der Waals surface area contributed by atoms with Crippen LogP contribution in [0.1, 0.15) is 57.8 Å². The van der Waals surface area contributed by atoms with E-state index in [1.165, 1.54) is 38.4 Å². The fourth-order valence-electron chi connectivity index (χ4n) is 5.06. The molecule has 2 aliphatic carbocycles. The molecule has 1 heterocycles. The summed E-state index contributed by atoms with van der Waals surface area (Å²) in [5, 5.41) is 10.9. The lowest BCUT2D eigenvalue weighted by Crippen LogP contribution is -2.68. The molecule has 0 bridgehead atoms. The van der Waals surface area contributed by atoms with Crippen LogP contribution in [0.15, 0.2) is 0 Å². The number of sulfone groups is 1. The molecule has 0 amide bonds. The summed E-state index contributed by atoms with van der Waals surface area (Å²) in [6.45, 7) is 1.95. The lowest BCUT2D eigenvalue weighted by molar-refractivity contribution is -0.0128. The number of hydrogen-bond donors (Lipinski definition) is 3. The number of methoxy groups -OCH3 is 1. The van der Waals surface area contributed by atoms with Gasteiger partial charge in [-0.05, 0) is 56.9 Å². The summed E-state index contributed by atoms with van der Waals surface area (Å²) < 4.78 is 29.3. The Balaban J connectivity index is 1.51. The number of hydrogen-bond acceptors (Lipinski definition) is 6. The Hall–Kier alpha value is -0.210. The predicted octanol–water partition coefficient (Wildman–Crippen LogP) is 1.62. The fourth-order valence-corrected chi connectivity index (χ4v) is 6.19. The second-order valence-electron chi connectivity index (χ2n) is 8.59. The standard InChI is InChI=1S/C19H37N3O3S/c1-25-19-18(15-8-10-16(11-9-15)26(2,23)24)22-17(13-21-19)20-12-14-6-4-3-5-7-14/h14-22H,3-13H2,1-2H3. The highest BCUT2D eigenvalue weighted by molar-refractivity contribution is 7.91.